The van der Waals surface area contributed by atoms with Crippen LogP contribution in [0.5, 0.6) is 0 Å². The van der Waals surface area contributed by atoms with Gasteiger partial charge in [0, 0.05) is 24.6 Å². The van der Waals surface area contributed by atoms with Crippen LogP contribution in [0.1, 0.15) is 51.3 Å². The summed E-state index contributed by atoms with van der Waals surface area (Å²) in [5, 5.41) is 6.68. The molecule has 0 unspecified atom stereocenters. The molecule has 2 rings (SSSR count). The van der Waals surface area contributed by atoms with E-state index in [1.165, 1.54) is 11.1 Å². The van der Waals surface area contributed by atoms with Gasteiger partial charge in [0.25, 0.3) is 0 Å². The zero-order chi connectivity index (χ0) is 21.5. The van der Waals surface area contributed by atoms with E-state index in [1.807, 2.05) is 58.3 Å². The fraction of sp³-hybridized carbons (Fsp3) is 0.269. The number of rotatable bonds is 8. The van der Waals surface area contributed by atoms with Gasteiger partial charge in [-0.1, -0.05) is 86.3 Å². The molecule has 29 heavy (non-hydrogen) atoms. The highest BCUT2D eigenvalue weighted by atomic mass is 15.0. The number of allylic oxidation sites excluding steroid dienone is 4. The van der Waals surface area contributed by atoms with Gasteiger partial charge in [0.15, 0.2) is 0 Å². The molecule has 0 aromatic heterocycles. The summed E-state index contributed by atoms with van der Waals surface area (Å²) in [6, 6.07) is 20.8. The van der Waals surface area contributed by atoms with Gasteiger partial charge >= 0.3 is 0 Å². The minimum absolute atomic E-state index is 0.0407. The second-order valence-electron chi connectivity index (χ2n) is 6.52. The van der Waals surface area contributed by atoms with E-state index in [4.69, 9.17) is 0 Å². The third kappa shape index (κ3) is 8.65. The summed E-state index contributed by atoms with van der Waals surface area (Å²) in [5.41, 5.74) is 5.18. The molecule has 0 saturated carbocycles. The van der Waals surface area contributed by atoms with Crippen LogP contribution in [0.2, 0.25) is 0 Å². The minimum atomic E-state index is 0.0407. The molecule has 0 aliphatic heterocycles. The van der Waals surface area contributed by atoms with Crippen LogP contribution in [0.4, 0.5) is 0 Å². The van der Waals surface area contributed by atoms with Crippen molar-refractivity contribution in [1.82, 2.24) is 10.6 Å². The molecule has 0 radical (unpaired) electrons. The first kappa shape index (κ1) is 24.0. The third-order valence-electron chi connectivity index (χ3n) is 4.47. The van der Waals surface area contributed by atoms with Crippen molar-refractivity contribution in [3.05, 3.63) is 108 Å². The molecular weight excluding hydrogens is 354 g/mol. The van der Waals surface area contributed by atoms with Crippen molar-refractivity contribution < 1.29 is 0 Å². The predicted octanol–water partition coefficient (Wildman–Crippen LogP) is 6.39. The van der Waals surface area contributed by atoms with Crippen LogP contribution in [0.25, 0.3) is 0 Å². The van der Waals surface area contributed by atoms with E-state index in [0.29, 0.717) is 0 Å². The van der Waals surface area contributed by atoms with Crippen molar-refractivity contribution in [2.45, 2.75) is 40.2 Å². The Morgan fingerprint density at radius 1 is 0.966 bits per heavy atom. The van der Waals surface area contributed by atoms with Gasteiger partial charge in [0.2, 0.25) is 0 Å². The molecule has 0 fully saturated rings. The summed E-state index contributed by atoms with van der Waals surface area (Å²) >= 11 is 0. The van der Waals surface area contributed by atoms with E-state index in [0.717, 1.165) is 23.5 Å². The molecule has 2 aromatic carbocycles. The molecule has 154 valence electrons. The van der Waals surface area contributed by atoms with Crippen LogP contribution in [-0.4, -0.2) is 12.8 Å². The molecular formula is C26H35N3. The van der Waals surface area contributed by atoms with Gasteiger partial charge in [0.1, 0.15) is 0 Å². The number of aliphatic imine (C=N–C) groups is 1. The molecule has 0 bridgehead atoms. The zero-order valence-electron chi connectivity index (χ0n) is 18.4. The lowest BCUT2D eigenvalue weighted by atomic mass is 9.98. The quantitative estimate of drug-likeness (QED) is 0.405. The Morgan fingerprint density at radius 2 is 1.45 bits per heavy atom. The molecule has 2 N–H and O–H groups in total. The first-order chi connectivity index (χ1) is 14.1. The minimum Gasteiger partial charge on any atom is -0.390 e. The summed E-state index contributed by atoms with van der Waals surface area (Å²) in [5.74, 6) is 0. The average Bonchev–Trinajstić information content (AvgIpc) is 2.79. The third-order valence-corrected chi connectivity index (χ3v) is 4.47. The van der Waals surface area contributed by atoms with Gasteiger partial charge in [-0.3, -0.25) is 4.99 Å². The number of nitrogens with one attached hydrogen (secondary N) is 2. The maximum absolute atomic E-state index is 4.54. The lowest BCUT2D eigenvalue weighted by molar-refractivity contribution is 0.713. The normalized spacial score (nSPS) is 11.8. The second-order valence-corrected chi connectivity index (χ2v) is 6.52. The maximum atomic E-state index is 4.54. The predicted molar refractivity (Wildman–Crippen MR) is 128 cm³/mol. The largest absolute Gasteiger partial charge is 0.390 e. The molecule has 0 aliphatic rings. The first-order valence-corrected chi connectivity index (χ1v) is 10.1. The molecule has 0 aliphatic carbocycles. The van der Waals surface area contributed by atoms with Crippen molar-refractivity contribution in [3.63, 3.8) is 0 Å². The Labute approximate surface area is 177 Å². The molecule has 0 heterocycles. The Bertz CT molecular complexity index is 753. The highest BCUT2D eigenvalue weighted by Crippen LogP contribution is 2.23. The fourth-order valence-corrected chi connectivity index (χ4v) is 2.51. The van der Waals surface area contributed by atoms with Crippen LogP contribution < -0.4 is 10.6 Å². The Balaban J connectivity index is 0.000000960. The summed E-state index contributed by atoms with van der Waals surface area (Å²) in [4.78, 5) is 4.54. The van der Waals surface area contributed by atoms with Crippen LogP contribution in [0.3, 0.4) is 0 Å². The highest BCUT2D eigenvalue weighted by molar-refractivity contribution is 5.97. The zero-order valence-corrected chi connectivity index (χ0v) is 18.4. The van der Waals surface area contributed by atoms with Crippen molar-refractivity contribution in [2.24, 2.45) is 4.99 Å². The molecule has 3 nitrogen and oxygen atoms in total. The van der Waals surface area contributed by atoms with Crippen molar-refractivity contribution >= 4 is 5.71 Å². The lowest BCUT2D eigenvalue weighted by Gasteiger charge is -2.22. The molecule has 3 heteroatoms. The van der Waals surface area contributed by atoms with E-state index in [2.05, 4.69) is 77.7 Å². The average molecular weight is 390 g/mol. The lowest BCUT2D eigenvalue weighted by Crippen LogP contribution is -2.24. The standard InChI is InChI=1S/C22H27N3.C4H8/c1-5-21(23-4)16-24-17(2)18(3)25-22(19-12-8-6-9-13-19)20-14-10-7-11-15-20;1-3-4-2/h6-16,22-23,25H,3,5H2,1-2,4H3;3-4H,1-2H3/b21-16+,24-17?;4-3-. The van der Waals surface area contributed by atoms with Crippen LogP contribution >= 0.6 is 0 Å². The topological polar surface area (TPSA) is 36.4 Å². The molecule has 2 aromatic rings. The first-order valence-electron chi connectivity index (χ1n) is 10.1. The summed E-state index contributed by atoms with van der Waals surface area (Å²) in [6.45, 7) is 12.3. The number of nitrogens with zero attached hydrogens (tertiary/aromatic N) is 1. The van der Waals surface area contributed by atoms with Gasteiger partial charge < -0.3 is 10.6 Å². The van der Waals surface area contributed by atoms with E-state index < -0.39 is 0 Å². The van der Waals surface area contributed by atoms with Crippen molar-refractivity contribution in [2.75, 3.05) is 7.05 Å². The Hall–Kier alpha value is -3.07. The number of hydrogen-bond acceptors (Lipinski definition) is 3. The monoisotopic (exact) mass is 389 g/mol. The molecule has 0 spiro atoms. The SMILES string of the molecule is C/C=C\C.C=C(NC(c1ccccc1)c1ccccc1)C(C)=N/C=C(\CC)NC. The van der Waals surface area contributed by atoms with E-state index in [9.17, 15) is 0 Å². The second kappa shape index (κ2) is 14.0. The van der Waals surface area contributed by atoms with Crippen molar-refractivity contribution in [3.8, 4) is 0 Å². The fourth-order valence-electron chi connectivity index (χ4n) is 2.51. The van der Waals surface area contributed by atoms with Crippen LogP contribution in [0, 0.1) is 0 Å². The van der Waals surface area contributed by atoms with Crippen LogP contribution in [-0.2, 0) is 0 Å². The van der Waals surface area contributed by atoms with Gasteiger partial charge in [0.05, 0.1) is 11.8 Å². The molecule has 0 saturated heterocycles. The van der Waals surface area contributed by atoms with E-state index >= 15 is 0 Å². The summed E-state index contributed by atoms with van der Waals surface area (Å²) in [6.07, 6.45) is 6.78. The smallest absolute Gasteiger partial charge is 0.0767 e. The summed E-state index contributed by atoms with van der Waals surface area (Å²) < 4.78 is 0. The van der Waals surface area contributed by atoms with Gasteiger partial charge in [-0.15, -0.1) is 0 Å². The van der Waals surface area contributed by atoms with Gasteiger partial charge in [-0.25, -0.2) is 0 Å². The van der Waals surface area contributed by atoms with Gasteiger partial charge in [-0.2, -0.15) is 0 Å². The maximum Gasteiger partial charge on any atom is 0.0767 e. The molecule has 0 atom stereocenters. The summed E-state index contributed by atoms with van der Waals surface area (Å²) in [7, 11) is 1.91. The van der Waals surface area contributed by atoms with E-state index in [1.54, 1.807) is 0 Å². The molecule has 0 amide bonds. The van der Waals surface area contributed by atoms with E-state index in [-0.39, 0.29) is 6.04 Å². The van der Waals surface area contributed by atoms with Crippen molar-refractivity contribution in [1.29, 1.82) is 0 Å². The number of benzene rings is 2. The van der Waals surface area contributed by atoms with Gasteiger partial charge in [-0.05, 0) is 38.3 Å². The Kier molecular flexibility index (Phi) is 11.6. The Morgan fingerprint density at radius 3 is 1.83 bits per heavy atom. The van der Waals surface area contributed by atoms with Crippen LogP contribution in [0.15, 0.2) is 102 Å². The highest BCUT2D eigenvalue weighted by Gasteiger charge is 2.14. The number of hydrogen-bond donors (Lipinski definition) is 2.